The average molecular weight is 357 g/mol. The number of nitrogens with zero attached hydrogens (tertiary/aromatic N) is 1. The molecule has 1 N–H and O–H groups in total. The van der Waals surface area contributed by atoms with Crippen molar-refractivity contribution in [3.8, 4) is 0 Å². The molecule has 1 amide bonds. The van der Waals surface area contributed by atoms with E-state index in [2.05, 4.69) is 33.0 Å². The van der Waals surface area contributed by atoms with E-state index in [1.807, 2.05) is 4.90 Å². The molecule has 0 spiro atoms. The Morgan fingerprint density at radius 2 is 1.83 bits per heavy atom. The summed E-state index contributed by atoms with van der Waals surface area (Å²) in [4.78, 5) is 15.1. The van der Waals surface area contributed by atoms with Gasteiger partial charge in [-0.25, -0.2) is 0 Å². The van der Waals surface area contributed by atoms with E-state index in [-0.39, 0.29) is 17.4 Å². The molecule has 0 saturated carbocycles. The van der Waals surface area contributed by atoms with Gasteiger partial charge in [0, 0.05) is 28.3 Å². The summed E-state index contributed by atoms with van der Waals surface area (Å²) < 4.78 is 0. The van der Waals surface area contributed by atoms with Crippen LogP contribution >= 0.6 is 23.2 Å². The minimum absolute atomic E-state index is 0.154. The fourth-order valence-electron chi connectivity index (χ4n) is 3.04. The van der Waals surface area contributed by atoms with Crippen LogP contribution in [0.15, 0.2) is 18.2 Å². The molecule has 2 unspecified atom stereocenters. The van der Waals surface area contributed by atoms with Crippen molar-refractivity contribution >= 4 is 34.8 Å². The molecule has 3 nitrogen and oxygen atoms in total. The zero-order valence-electron chi connectivity index (χ0n) is 14.3. The number of rotatable bonds is 3. The summed E-state index contributed by atoms with van der Waals surface area (Å²) in [5, 5.41) is 4.48. The van der Waals surface area contributed by atoms with E-state index in [1.165, 1.54) is 6.42 Å². The first-order valence-electron chi connectivity index (χ1n) is 8.21. The molecule has 128 valence electrons. The minimum atomic E-state index is -0.322. The number of amides is 1. The van der Waals surface area contributed by atoms with Crippen molar-refractivity contribution in [2.24, 2.45) is 5.41 Å². The zero-order chi connectivity index (χ0) is 17.2. The molecule has 2 rings (SSSR count). The highest BCUT2D eigenvalue weighted by atomic mass is 35.5. The summed E-state index contributed by atoms with van der Waals surface area (Å²) >= 11 is 12.2. The van der Waals surface area contributed by atoms with Crippen LogP contribution < -0.4 is 5.32 Å². The molecule has 1 aromatic carbocycles. The molecule has 0 aliphatic carbocycles. The Bertz CT molecular complexity index is 548. The second kappa shape index (κ2) is 7.31. The number of carbonyl (C=O) groups is 1. The molecule has 1 aliphatic heterocycles. The first kappa shape index (κ1) is 18.4. The molecule has 23 heavy (non-hydrogen) atoms. The van der Waals surface area contributed by atoms with E-state index in [0.717, 1.165) is 25.1 Å². The standard InChI is InChI=1S/C18H26Cl2N2O/c1-12-7-5-6-8-22(12)17(23)16(18(2,3)4)21-15-10-13(19)9-14(20)11-15/h9-12,16,21H,5-8H2,1-4H3. The number of nitrogens with one attached hydrogen (secondary N) is 1. The zero-order valence-corrected chi connectivity index (χ0v) is 15.8. The van der Waals surface area contributed by atoms with E-state index in [1.54, 1.807) is 18.2 Å². The molecule has 1 fully saturated rings. The van der Waals surface area contributed by atoms with Gasteiger partial charge in [0.2, 0.25) is 5.91 Å². The van der Waals surface area contributed by atoms with Crippen molar-refractivity contribution in [1.82, 2.24) is 4.90 Å². The molecule has 2 atom stereocenters. The van der Waals surface area contributed by atoms with Gasteiger partial charge in [0.1, 0.15) is 6.04 Å². The second-order valence-corrected chi connectivity index (χ2v) is 8.35. The molecule has 1 heterocycles. The summed E-state index contributed by atoms with van der Waals surface area (Å²) in [6, 6.07) is 5.27. The highest BCUT2D eigenvalue weighted by Crippen LogP contribution is 2.30. The minimum Gasteiger partial charge on any atom is -0.373 e. The van der Waals surface area contributed by atoms with E-state index in [9.17, 15) is 4.79 Å². The van der Waals surface area contributed by atoms with E-state index in [0.29, 0.717) is 16.1 Å². The van der Waals surface area contributed by atoms with Gasteiger partial charge in [0.15, 0.2) is 0 Å². The van der Waals surface area contributed by atoms with E-state index in [4.69, 9.17) is 23.2 Å². The number of hydrogen-bond acceptors (Lipinski definition) is 2. The lowest BCUT2D eigenvalue weighted by Crippen LogP contribution is -2.53. The first-order valence-corrected chi connectivity index (χ1v) is 8.97. The third-order valence-electron chi connectivity index (χ3n) is 4.37. The molecule has 1 aliphatic rings. The average Bonchev–Trinajstić information content (AvgIpc) is 2.42. The van der Waals surface area contributed by atoms with Crippen LogP contribution in [0.25, 0.3) is 0 Å². The normalized spacial score (nSPS) is 20.3. The Hall–Kier alpha value is -0.930. The van der Waals surface area contributed by atoms with Crippen LogP contribution in [0.1, 0.15) is 47.0 Å². The maximum Gasteiger partial charge on any atom is 0.245 e. The van der Waals surface area contributed by atoms with Gasteiger partial charge in [0.05, 0.1) is 0 Å². The maximum absolute atomic E-state index is 13.1. The highest BCUT2D eigenvalue weighted by molar-refractivity contribution is 6.35. The number of carbonyl (C=O) groups excluding carboxylic acids is 1. The molecule has 5 heteroatoms. The number of piperidine rings is 1. The number of anilines is 1. The van der Waals surface area contributed by atoms with Gasteiger partial charge in [-0.2, -0.15) is 0 Å². The largest absolute Gasteiger partial charge is 0.373 e. The predicted octanol–water partition coefficient (Wildman–Crippen LogP) is 5.22. The number of hydrogen-bond donors (Lipinski definition) is 1. The van der Waals surface area contributed by atoms with E-state index >= 15 is 0 Å². The van der Waals surface area contributed by atoms with Crippen LogP contribution in [-0.2, 0) is 4.79 Å². The van der Waals surface area contributed by atoms with Gasteiger partial charge in [0.25, 0.3) is 0 Å². The quantitative estimate of drug-likeness (QED) is 0.804. The Morgan fingerprint density at radius 1 is 1.22 bits per heavy atom. The van der Waals surface area contributed by atoms with Crippen molar-refractivity contribution in [1.29, 1.82) is 0 Å². The first-order chi connectivity index (χ1) is 10.7. The summed E-state index contributed by atoms with van der Waals surface area (Å²) in [6.45, 7) is 9.19. The van der Waals surface area contributed by atoms with Crippen LogP contribution in [-0.4, -0.2) is 29.4 Å². The van der Waals surface area contributed by atoms with Crippen LogP contribution in [0.3, 0.4) is 0 Å². The van der Waals surface area contributed by atoms with Crippen molar-refractivity contribution < 1.29 is 4.79 Å². The SMILES string of the molecule is CC1CCCCN1C(=O)C(Nc1cc(Cl)cc(Cl)c1)C(C)(C)C. The van der Waals surface area contributed by atoms with Crippen molar-refractivity contribution in [3.05, 3.63) is 28.2 Å². The molecule has 0 radical (unpaired) electrons. The Labute approximate surface area is 149 Å². The fraction of sp³-hybridized carbons (Fsp3) is 0.611. The smallest absolute Gasteiger partial charge is 0.245 e. The van der Waals surface area contributed by atoms with E-state index < -0.39 is 0 Å². The number of benzene rings is 1. The Morgan fingerprint density at radius 3 is 2.35 bits per heavy atom. The summed E-state index contributed by atoms with van der Waals surface area (Å²) in [5.41, 5.74) is 0.559. The Balaban J connectivity index is 2.24. The molecule has 0 aromatic heterocycles. The topological polar surface area (TPSA) is 32.3 Å². The van der Waals surface area contributed by atoms with Gasteiger partial charge in [-0.15, -0.1) is 0 Å². The lowest BCUT2D eigenvalue weighted by Gasteiger charge is -2.40. The van der Waals surface area contributed by atoms with Gasteiger partial charge in [-0.3, -0.25) is 4.79 Å². The number of halogens is 2. The summed E-state index contributed by atoms with van der Waals surface area (Å²) in [7, 11) is 0. The van der Waals surface area contributed by atoms with Gasteiger partial charge >= 0.3 is 0 Å². The van der Waals surface area contributed by atoms with Crippen LogP contribution in [0.4, 0.5) is 5.69 Å². The monoisotopic (exact) mass is 356 g/mol. The lowest BCUT2D eigenvalue weighted by molar-refractivity contribution is -0.137. The molecule has 0 bridgehead atoms. The summed E-state index contributed by atoms with van der Waals surface area (Å²) in [6.07, 6.45) is 3.35. The Kier molecular flexibility index (Phi) is 5.85. The third-order valence-corrected chi connectivity index (χ3v) is 4.81. The molecule has 1 saturated heterocycles. The lowest BCUT2D eigenvalue weighted by atomic mass is 9.84. The fourth-order valence-corrected chi connectivity index (χ4v) is 3.57. The van der Waals surface area contributed by atoms with Gasteiger partial charge < -0.3 is 10.2 Å². The van der Waals surface area contributed by atoms with Gasteiger partial charge in [-0.05, 0) is 49.8 Å². The van der Waals surface area contributed by atoms with Gasteiger partial charge in [-0.1, -0.05) is 44.0 Å². The van der Waals surface area contributed by atoms with Crippen molar-refractivity contribution in [3.63, 3.8) is 0 Å². The maximum atomic E-state index is 13.1. The van der Waals surface area contributed by atoms with Crippen molar-refractivity contribution in [2.75, 3.05) is 11.9 Å². The predicted molar refractivity (Wildman–Crippen MR) is 98.4 cm³/mol. The van der Waals surface area contributed by atoms with Crippen LogP contribution in [0, 0.1) is 5.41 Å². The summed E-state index contributed by atoms with van der Waals surface area (Å²) in [5.74, 6) is 0.154. The molecular weight excluding hydrogens is 331 g/mol. The van der Waals surface area contributed by atoms with Crippen LogP contribution in [0.5, 0.6) is 0 Å². The number of likely N-dealkylation sites (tertiary alicyclic amines) is 1. The van der Waals surface area contributed by atoms with Crippen molar-refractivity contribution in [2.45, 2.75) is 59.0 Å². The second-order valence-electron chi connectivity index (χ2n) is 7.48. The van der Waals surface area contributed by atoms with Crippen LogP contribution in [0.2, 0.25) is 10.0 Å². The third kappa shape index (κ3) is 4.77. The molecular formula is C18H26Cl2N2O. The highest BCUT2D eigenvalue weighted by Gasteiger charge is 2.36. The molecule has 1 aromatic rings.